The summed E-state index contributed by atoms with van der Waals surface area (Å²) in [6.07, 6.45) is 1.47. The van der Waals surface area contributed by atoms with Crippen molar-refractivity contribution in [3.8, 4) is 11.1 Å². The third kappa shape index (κ3) is 5.49. The molecule has 3 N–H and O–H groups in total. The van der Waals surface area contributed by atoms with Crippen LogP contribution in [0.5, 0.6) is 0 Å². The number of hydrogen-bond donors (Lipinski definition) is 3. The second kappa shape index (κ2) is 9.61. The van der Waals surface area contributed by atoms with Gasteiger partial charge in [0.15, 0.2) is 11.6 Å². The molecule has 29 heavy (non-hydrogen) atoms. The normalized spacial score (nSPS) is 11.6. The summed E-state index contributed by atoms with van der Waals surface area (Å²) in [5, 5.41) is 13.1. The number of aromatic amines is 1. The van der Waals surface area contributed by atoms with Gasteiger partial charge >= 0.3 is 0 Å². The first-order valence-corrected chi connectivity index (χ1v) is 9.40. The fourth-order valence-corrected chi connectivity index (χ4v) is 3.03. The lowest BCUT2D eigenvalue weighted by molar-refractivity contribution is -0.107. The number of carbonyl (C=O) groups excluding carboxylic acids is 2. The van der Waals surface area contributed by atoms with Gasteiger partial charge in [0.1, 0.15) is 12.0 Å². The van der Waals surface area contributed by atoms with Crippen molar-refractivity contribution in [3.63, 3.8) is 0 Å². The molecule has 148 valence electrons. The fourth-order valence-electron chi connectivity index (χ4n) is 3.03. The van der Waals surface area contributed by atoms with Gasteiger partial charge in [0.25, 0.3) is 0 Å². The van der Waals surface area contributed by atoms with Gasteiger partial charge in [-0.05, 0) is 23.1 Å². The quantitative estimate of drug-likeness (QED) is 0.365. The summed E-state index contributed by atoms with van der Waals surface area (Å²) >= 11 is 0. The van der Waals surface area contributed by atoms with Crippen LogP contribution in [-0.4, -0.2) is 34.9 Å². The van der Waals surface area contributed by atoms with Crippen LogP contribution < -0.4 is 10.6 Å². The van der Waals surface area contributed by atoms with E-state index < -0.39 is 0 Å². The molecule has 3 aromatic rings. The Morgan fingerprint density at radius 3 is 2.45 bits per heavy atom. The number of rotatable bonds is 10. The molecule has 1 unspecified atom stereocenters. The maximum absolute atomic E-state index is 11.4. The average Bonchev–Trinajstić information content (AvgIpc) is 3.21. The first kappa shape index (κ1) is 20.2. The topological polar surface area (TPSA) is 86.9 Å². The molecule has 6 heteroatoms. The van der Waals surface area contributed by atoms with Crippen molar-refractivity contribution in [2.75, 3.05) is 11.9 Å². The number of nitrogens with one attached hydrogen (secondary N) is 3. The molecule has 0 bridgehead atoms. The van der Waals surface area contributed by atoms with E-state index in [1.54, 1.807) is 6.07 Å². The van der Waals surface area contributed by atoms with Gasteiger partial charge in [-0.1, -0.05) is 61.2 Å². The standard InChI is InChI=1S/C23H24N4O2/c1-16(25-23-15-22(17(2)29)26-27-23)21(24-12-13-28)14-18-8-10-20(11-9-18)19-6-4-3-5-7-19/h3-11,13,15,21,24H,1,12,14H2,2H3,(H2,25,26,27). The highest BCUT2D eigenvalue weighted by Crippen LogP contribution is 2.20. The van der Waals surface area contributed by atoms with E-state index in [4.69, 9.17) is 0 Å². The van der Waals surface area contributed by atoms with Gasteiger partial charge < -0.3 is 15.4 Å². The summed E-state index contributed by atoms with van der Waals surface area (Å²) in [4.78, 5) is 22.3. The fraction of sp³-hybridized carbons (Fsp3) is 0.174. The van der Waals surface area contributed by atoms with Crippen LogP contribution in [0.1, 0.15) is 23.0 Å². The first-order chi connectivity index (χ1) is 14.1. The molecule has 0 radical (unpaired) electrons. The number of carbonyl (C=O) groups is 2. The predicted molar refractivity (Wildman–Crippen MR) is 115 cm³/mol. The number of Topliss-reactive ketones (excluding diaryl/α,β-unsaturated/α-hetero) is 1. The minimum atomic E-state index is -0.180. The van der Waals surface area contributed by atoms with E-state index in [0.29, 0.717) is 23.6 Å². The highest BCUT2D eigenvalue weighted by molar-refractivity contribution is 5.92. The highest BCUT2D eigenvalue weighted by atomic mass is 16.1. The van der Waals surface area contributed by atoms with Gasteiger partial charge in [-0.3, -0.25) is 9.89 Å². The van der Waals surface area contributed by atoms with Gasteiger partial charge in [0.2, 0.25) is 0 Å². The van der Waals surface area contributed by atoms with Crippen LogP contribution in [0.3, 0.4) is 0 Å². The van der Waals surface area contributed by atoms with E-state index in [0.717, 1.165) is 17.4 Å². The summed E-state index contributed by atoms with van der Waals surface area (Å²) in [5.74, 6) is 0.419. The van der Waals surface area contributed by atoms with Crippen LogP contribution in [0, 0.1) is 0 Å². The third-order valence-electron chi connectivity index (χ3n) is 4.61. The van der Waals surface area contributed by atoms with Gasteiger partial charge in [-0.2, -0.15) is 5.10 Å². The lowest BCUT2D eigenvalue weighted by Gasteiger charge is -2.21. The molecule has 0 aliphatic heterocycles. The van der Waals surface area contributed by atoms with Crippen molar-refractivity contribution >= 4 is 17.9 Å². The molecule has 6 nitrogen and oxygen atoms in total. The molecule has 0 saturated heterocycles. The van der Waals surface area contributed by atoms with E-state index in [9.17, 15) is 9.59 Å². The Bertz CT molecular complexity index is 978. The zero-order valence-electron chi connectivity index (χ0n) is 16.3. The Balaban J connectivity index is 1.69. The van der Waals surface area contributed by atoms with Crippen molar-refractivity contribution < 1.29 is 9.59 Å². The van der Waals surface area contributed by atoms with Crippen LogP contribution in [0.2, 0.25) is 0 Å². The third-order valence-corrected chi connectivity index (χ3v) is 4.61. The van der Waals surface area contributed by atoms with Crippen LogP contribution in [0.25, 0.3) is 11.1 Å². The number of ketones is 1. The Hall–Kier alpha value is -3.51. The average molecular weight is 388 g/mol. The molecule has 3 rings (SSSR count). The second-order valence-electron chi connectivity index (χ2n) is 6.77. The molecule has 0 aliphatic carbocycles. The smallest absolute Gasteiger partial charge is 0.177 e. The summed E-state index contributed by atoms with van der Waals surface area (Å²) in [5.41, 5.74) is 4.52. The van der Waals surface area contributed by atoms with E-state index in [2.05, 4.69) is 63.8 Å². The van der Waals surface area contributed by atoms with Crippen LogP contribution in [-0.2, 0) is 11.2 Å². The Kier molecular flexibility index (Phi) is 6.71. The van der Waals surface area contributed by atoms with Crippen molar-refractivity contribution in [1.29, 1.82) is 0 Å². The minimum absolute atomic E-state index is 0.0923. The molecule has 1 atom stereocenters. The Labute approximate surface area is 170 Å². The second-order valence-corrected chi connectivity index (χ2v) is 6.77. The van der Waals surface area contributed by atoms with E-state index in [1.807, 2.05) is 18.2 Å². The van der Waals surface area contributed by atoms with Crippen LogP contribution in [0.4, 0.5) is 5.82 Å². The van der Waals surface area contributed by atoms with Crippen LogP contribution in [0.15, 0.2) is 72.9 Å². The van der Waals surface area contributed by atoms with Crippen molar-refractivity contribution in [1.82, 2.24) is 15.5 Å². The number of benzene rings is 2. The molecule has 0 fully saturated rings. The number of anilines is 1. The molecular formula is C23H24N4O2. The molecule has 1 aromatic heterocycles. The SMILES string of the molecule is C=C(Nc1cc(C(C)=O)[nH]n1)C(Cc1ccc(-c2ccccc2)cc1)NCC=O. The monoisotopic (exact) mass is 388 g/mol. The van der Waals surface area contributed by atoms with Gasteiger partial charge in [-0.25, -0.2) is 0 Å². The molecule has 0 saturated carbocycles. The maximum Gasteiger partial charge on any atom is 0.177 e. The summed E-state index contributed by atoms with van der Waals surface area (Å²) in [6.45, 7) is 5.78. The number of nitrogens with zero attached hydrogens (tertiary/aromatic N) is 1. The number of H-pyrrole nitrogens is 1. The zero-order chi connectivity index (χ0) is 20.6. The summed E-state index contributed by atoms with van der Waals surface area (Å²) < 4.78 is 0. The van der Waals surface area contributed by atoms with E-state index >= 15 is 0 Å². The Morgan fingerprint density at radius 1 is 1.14 bits per heavy atom. The number of hydrogen-bond acceptors (Lipinski definition) is 5. The molecule has 2 aromatic carbocycles. The number of aldehydes is 1. The lowest BCUT2D eigenvalue weighted by atomic mass is 9.99. The van der Waals surface area contributed by atoms with Gasteiger partial charge in [0.05, 0.1) is 12.6 Å². The van der Waals surface area contributed by atoms with Crippen LogP contribution >= 0.6 is 0 Å². The van der Waals surface area contributed by atoms with E-state index in [1.165, 1.54) is 12.5 Å². The van der Waals surface area contributed by atoms with Crippen molar-refractivity contribution in [2.24, 2.45) is 0 Å². The predicted octanol–water partition coefficient (Wildman–Crippen LogP) is 3.60. The maximum atomic E-state index is 11.4. The van der Waals surface area contributed by atoms with E-state index in [-0.39, 0.29) is 18.4 Å². The van der Waals surface area contributed by atoms with Crippen molar-refractivity contribution in [2.45, 2.75) is 19.4 Å². The lowest BCUT2D eigenvalue weighted by Crippen LogP contribution is -2.36. The zero-order valence-corrected chi connectivity index (χ0v) is 16.3. The first-order valence-electron chi connectivity index (χ1n) is 9.40. The van der Waals surface area contributed by atoms with Gasteiger partial charge in [-0.15, -0.1) is 0 Å². The molecule has 1 heterocycles. The highest BCUT2D eigenvalue weighted by Gasteiger charge is 2.15. The molecule has 0 spiro atoms. The Morgan fingerprint density at radius 2 is 1.83 bits per heavy atom. The minimum Gasteiger partial charge on any atom is -0.341 e. The molecule has 0 amide bonds. The van der Waals surface area contributed by atoms with Gasteiger partial charge in [0, 0.05) is 18.7 Å². The largest absolute Gasteiger partial charge is 0.341 e. The summed E-state index contributed by atoms with van der Waals surface area (Å²) in [7, 11) is 0. The summed E-state index contributed by atoms with van der Waals surface area (Å²) in [6, 6.07) is 20.0. The molecular weight excluding hydrogens is 364 g/mol. The van der Waals surface area contributed by atoms with Crippen molar-refractivity contribution in [3.05, 3.63) is 84.2 Å². The number of aromatic nitrogens is 2. The molecule has 0 aliphatic rings.